The lowest BCUT2D eigenvalue weighted by Gasteiger charge is -2.32. The lowest BCUT2D eigenvalue weighted by molar-refractivity contribution is -0.126. The molecule has 0 bridgehead atoms. The van der Waals surface area contributed by atoms with Crippen LogP contribution in [0.25, 0.3) is 10.9 Å². The molecule has 0 saturated carbocycles. The van der Waals surface area contributed by atoms with Crippen LogP contribution in [0.2, 0.25) is 0 Å². The standard InChI is InChI=1S/C22H23N3O2/c26-21(24-14-16-5-2-1-3-6-16)19-7-4-12-25(15-19)22(27)18-9-8-17-10-11-23-20(17)13-18/h1-3,5-6,8-11,13,19,23H,4,7,12,14-15H2,(H,24,26)/t19-/m1/s1. The Balaban J connectivity index is 1.39. The van der Waals surface area contributed by atoms with Crippen LogP contribution in [0.3, 0.4) is 0 Å². The number of nitrogens with zero attached hydrogens (tertiary/aromatic N) is 1. The molecule has 5 heteroatoms. The molecule has 1 aromatic heterocycles. The summed E-state index contributed by atoms with van der Waals surface area (Å²) in [6.07, 6.45) is 3.53. The predicted molar refractivity (Wildman–Crippen MR) is 105 cm³/mol. The Morgan fingerprint density at radius 2 is 1.96 bits per heavy atom. The highest BCUT2D eigenvalue weighted by atomic mass is 16.2. The van der Waals surface area contributed by atoms with Gasteiger partial charge in [-0.15, -0.1) is 0 Å². The number of H-pyrrole nitrogens is 1. The summed E-state index contributed by atoms with van der Waals surface area (Å²) >= 11 is 0. The molecular formula is C22H23N3O2. The SMILES string of the molecule is O=C(NCc1ccccc1)[C@@H]1CCCN(C(=O)c2ccc3cc[nH]c3c2)C1. The smallest absolute Gasteiger partial charge is 0.253 e. The van der Waals surface area contributed by atoms with Gasteiger partial charge in [0.1, 0.15) is 0 Å². The number of nitrogens with one attached hydrogen (secondary N) is 2. The Bertz CT molecular complexity index is 948. The number of hydrogen-bond acceptors (Lipinski definition) is 2. The lowest BCUT2D eigenvalue weighted by atomic mass is 9.96. The first-order valence-electron chi connectivity index (χ1n) is 9.39. The van der Waals surface area contributed by atoms with E-state index in [0.29, 0.717) is 25.2 Å². The fourth-order valence-electron chi connectivity index (χ4n) is 3.67. The van der Waals surface area contributed by atoms with Crippen molar-refractivity contribution >= 4 is 22.7 Å². The number of hydrogen-bond donors (Lipinski definition) is 2. The first-order valence-corrected chi connectivity index (χ1v) is 9.39. The van der Waals surface area contributed by atoms with Crippen molar-refractivity contribution in [1.29, 1.82) is 0 Å². The third-order valence-corrected chi connectivity index (χ3v) is 5.19. The van der Waals surface area contributed by atoms with E-state index in [1.54, 1.807) is 4.90 Å². The summed E-state index contributed by atoms with van der Waals surface area (Å²) in [6.45, 7) is 1.69. The summed E-state index contributed by atoms with van der Waals surface area (Å²) in [4.78, 5) is 30.4. The number of benzene rings is 2. The highest BCUT2D eigenvalue weighted by Crippen LogP contribution is 2.21. The number of aromatic nitrogens is 1. The molecule has 27 heavy (non-hydrogen) atoms. The van der Waals surface area contributed by atoms with Gasteiger partial charge in [-0.1, -0.05) is 36.4 Å². The summed E-state index contributed by atoms with van der Waals surface area (Å²) in [7, 11) is 0. The van der Waals surface area contributed by atoms with Crippen LogP contribution >= 0.6 is 0 Å². The maximum atomic E-state index is 12.9. The van der Waals surface area contributed by atoms with E-state index < -0.39 is 0 Å². The van der Waals surface area contributed by atoms with Crippen molar-refractivity contribution in [2.45, 2.75) is 19.4 Å². The first-order chi connectivity index (χ1) is 13.2. The molecule has 0 unspecified atom stereocenters. The molecule has 0 radical (unpaired) electrons. The third kappa shape index (κ3) is 3.87. The largest absolute Gasteiger partial charge is 0.361 e. The molecule has 2 aromatic carbocycles. The van der Waals surface area contributed by atoms with Gasteiger partial charge < -0.3 is 15.2 Å². The molecule has 1 atom stereocenters. The lowest BCUT2D eigenvalue weighted by Crippen LogP contribution is -2.45. The molecule has 4 rings (SSSR count). The van der Waals surface area contributed by atoms with E-state index in [2.05, 4.69) is 10.3 Å². The number of likely N-dealkylation sites (tertiary alicyclic amines) is 1. The maximum absolute atomic E-state index is 12.9. The molecule has 0 spiro atoms. The molecule has 2 N–H and O–H groups in total. The monoisotopic (exact) mass is 361 g/mol. The predicted octanol–water partition coefficient (Wildman–Crippen LogP) is 3.34. The van der Waals surface area contributed by atoms with Gasteiger partial charge in [0.05, 0.1) is 5.92 Å². The highest BCUT2D eigenvalue weighted by Gasteiger charge is 2.28. The van der Waals surface area contributed by atoms with Crippen molar-refractivity contribution < 1.29 is 9.59 Å². The van der Waals surface area contributed by atoms with Crippen molar-refractivity contribution in [2.75, 3.05) is 13.1 Å². The molecule has 138 valence electrons. The second kappa shape index (κ2) is 7.66. The van der Waals surface area contributed by atoms with E-state index in [-0.39, 0.29) is 17.7 Å². The van der Waals surface area contributed by atoms with Gasteiger partial charge in [0, 0.05) is 36.9 Å². The van der Waals surface area contributed by atoms with Crippen LogP contribution < -0.4 is 5.32 Å². The zero-order valence-electron chi connectivity index (χ0n) is 15.2. The maximum Gasteiger partial charge on any atom is 0.253 e. The zero-order chi connectivity index (χ0) is 18.6. The summed E-state index contributed by atoms with van der Waals surface area (Å²) in [5.41, 5.74) is 2.69. The van der Waals surface area contributed by atoms with Crippen molar-refractivity contribution in [3.05, 3.63) is 71.9 Å². The van der Waals surface area contributed by atoms with Crippen LogP contribution in [-0.2, 0) is 11.3 Å². The molecule has 2 heterocycles. The molecule has 5 nitrogen and oxygen atoms in total. The summed E-state index contributed by atoms with van der Waals surface area (Å²) in [5, 5.41) is 4.09. The van der Waals surface area contributed by atoms with Gasteiger partial charge in [0.2, 0.25) is 5.91 Å². The van der Waals surface area contributed by atoms with E-state index in [1.165, 1.54) is 0 Å². The Kier molecular flexibility index (Phi) is 4.92. The quantitative estimate of drug-likeness (QED) is 0.749. The van der Waals surface area contributed by atoms with Crippen molar-refractivity contribution in [3.63, 3.8) is 0 Å². The molecule has 1 saturated heterocycles. The second-order valence-electron chi connectivity index (χ2n) is 7.07. The van der Waals surface area contributed by atoms with Crippen molar-refractivity contribution in [1.82, 2.24) is 15.2 Å². The molecule has 1 aliphatic rings. The van der Waals surface area contributed by atoms with Gasteiger partial charge in [0.25, 0.3) is 5.91 Å². The average molecular weight is 361 g/mol. The second-order valence-corrected chi connectivity index (χ2v) is 7.07. The van der Waals surface area contributed by atoms with Gasteiger partial charge in [-0.3, -0.25) is 9.59 Å². The number of rotatable bonds is 4. The van der Waals surface area contributed by atoms with E-state index in [9.17, 15) is 9.59 Å². The molecule has 1 fully saturated rings. The van der Waals surface area contributed by atoms with Crippen molar-refractivity contribution in [3.8, 4) is 0 Å². The van der Waals surface area contributed by atoms with Gasteiger partial charge in [-0.25, -0.2) is 0 Å². The summed E-state index contributed by atoms with van der Waals surface area (Å²) in [6, 6.07) is 17.5. The van der Waals surface area contributed by atoms with Gasteiger partial charge >= 0.3 is 0 Å². The number of fused-ring (bicyclic) bond motifs is 1. The van der Waals surface area contributed by atoms with Crippen LogP contribution in [-0.4, -0.2) is 34.8 Å². The number of carbonyl (C=O) groups is 2. The first kappa shape index (κ1) is 17.3. The molecule has 3 aromatic rings. The molecular weight excluding hydrogens is 338 g/mol. The fraction of sp³-hybridized carbons (Fsp3) is 0.273. The normalized spacial score (nSPS) is 17.0. The van der Waals surface area contributed by atoms with E-state index in [1.807, 2.05) is 60.8 Å². The Labute approximate surface area is 158 Å². The number of amides is 2. The average Bonchev–Trinajstić information content (AvgIpc) is 3.20. The van der Waals surface area contributed by atoms with E-state index in [0.717, 1.165) is 29.3 Å². The van der Waals surface area contributed by atoms with Gasteiger partial charge in [0.15, 0.2) is 0 Å². The highest BCUT2D eigenvalue weighted by molar-refractivity contribution is 5.98. The van der Waals surface area contributed by atoms with Crippen LogP contribution in [0.5, 0.6) is 0 Å². The Morgan fingerprint density at radius 3 is 2.81 bits per heavy atom. The minimum Gasteiger partial charge on any atom is -0.361 e. The molecule has 2 amide bonds. The fourth-order valence-corrected chi connectivity index (χ4v) is 3.67. The third-order valence-electron chi connectivity index (χ3n) is 5.19. The zero-order valence-corrected chi connectivity index (χ0v) is 15.2. The Hall–Kier alpha value is -3.08. The topological polar surface area (TPSA) is 65.2 Å². The minimum atomic E-state index is -0.152. The number of carbonyl (C=O) groups excluding carboxylic acids is 2. The minimum absolute atomic E-state index is 0.00735. The van der Waals surface area contributed by atoms with Crippen LogP contribution in [0.15, 0.2) is 60.8 Å². The van der Waals surface area contributed by atoms with Crippen LogP contribution in [0.4, 0.5) is 0 Å². The van der Waals surface area contributed by atoms with E-state index >= 15 is 0 Å². The van der Waals surface area contributed by atoms with E-state index in [4.69, 9.17) is 0 Å². The van der Waals surface area contributed by atoms with Gasteiger partial charge in [-0.2, -0.15) is 0 Å². The summed E-state index contributed by atoms with van der Waals surface area (Å²) in [5.74, 6) is -0.135. The van der Waals surface area contributed by atoms with Crippen LogP contribution in [0.1, 0.15) is 28.8 Å². The Morgan fingerprint density at radius 1 is 1.11 bits per heavy atom. The van der Waals surface area contributed by atoms with Gasteiger partial charge in [-0.05, 0) is 42.0 Å². The van der Waals surface area contributed by atoms with Crippen LogP contribution in [0, 0.1) is 5.92 Å². The van der Waals surface area contributed by atoms with Crippen molar-refractivity contribution in [2.24, 2.45) is 5.92 Å². The molecule has 0 aliphatic carbocycles. The number of aromatic amines is 1. The number of piperidine rings is 1. The molecule has 1 aliphatic heterocycles. The summed E-state index contributed by atoms with van der Waals surface area (Å²) < 4.78 is 0.